The monoisotopic (exact) mass is 431 g/mol. The highest BCUT2D eigenvalue weighted by molar-refractivity contribution is 7.99. The van der Waals surface area contributed by atoms with Crippen molar-refractivity contribution in [1.82, 2.24) is 4.98 Å². The summed E-state index contributed by atoms with van der Waals surface area (Å²) in [7, 11) is 0. The van der Waals surface area contributed by atoms with Crippen LogP contribution in [0.15, 0.2) is 46.1 Å². The molecule has 29 heavy (non-hydrogen) atoms. The van der Waals surface area contributed by atoms with Gasteiger partial charge in [0.15, 0.2) is 0 Å². The molecule has 3 rings (SSSR count). The van der Waals surface area contributed by atoms with E-state index >= 15 is 0 Å². The molecular weight excluding hydrogens is 406 g/mol. The number of thioether (sulfide) groups is 1. The van der Waals surface area contributed by atoms with Gasteiger partial charge in [0, 0.05) is 46.9 Å². The Labute approximate surface area is 180 Å². The van der Waals surface area contributed by atoms with Gasteiger partial charge in [-0.3, -0.25) is 9.59 Å². The minimum absolute atomic E-state index is 0.0827. The number of carbonyl (C=O) groups excluding carboxylic acids is 1. The van der Waals surface area contributed by atoms with Crippen LogP contribution in [-0.2, 0) is 11.2 Å². The molecule has 2 aromatic rings. The fourth-order valence-corrected chi connectivity index (χ4v) is 4.73. The third-order valence-electron chi connectivity index (χ3n) is 5.15. The number of aromatic amines is 1. The normalized spacial score (nSPS) is 17.1. The molecule has 1 aromatic heterocycles. The van der Waals surface area contributed by atoms with Crippen LogP contribution in [0.4, 0.5) is 0 Å². The molecule has 0 radical (unpaired) electrons. The molecule has 6 heteroatoms. The zero-order valence-corrected chi connectivity index (χ0v) is 18.1. The molecular formula is C23H26ClNO3S. The summed E-state index contributed by atoms with van der Waals surface area (Å²) in [4.78, 5) is 28.1. The van der Waals surface area contributed by atoms with E-state index in [2.05, 4.69) is 11.1 Å². The fourth-order valence-electron chi connectivity index (χ4n) is 3.53. The number of allylic oxidation sites excluding steroid dienone is 1. The predicted molar refractivity (Wildman–Crippen MR) is 120 cm³/mol. The number of nitrogens with one attached hydrogen (secondary N) is 1. The van der Waals surface area contributed by atoms with Gasteiger partial charge in [0.1, 0.15) is 5.78 Å². The van der Waals surface area contributed by atoms with Crippen LogP contribution in [0.3, 0.4) is 0 Å². The molecule has 0 unspecified atom stereocenters. The van der Waals surface area contributed by atoms with Crippen molar-refractivity contribution in [3.63, 3.8) is 0 Å². The summed E-state index contributed by atoms with van der Waals surface area (Å²) in [6.45, 7) is 2.12. The second-order valence-corrected chi connectivity index (χ2v) is 8.82. The average Bonchev–Trinajstić information content (AvgIpc) is 3.12. The molecule has 0 spiro atoms. The van der Waals surface area contributed by atoms with E-state index in [9.17, 15) is 9.59 Å². The number of ketones is 1. The van der Waals surface area contributed by atoms with E-state index in [1.165, 1.54) is 0 Å². The second kappa shape index (κ2) is 10.3. The molecule has 0 amide bonds. The number of hydrogen-bond acceptors (Lipinski definition) is 4. The fraction of sp³-hybridized carbons (Fsp3) is 0.391. The van der Waals surface area contributed by atoms with E-state index in [1.807, 2.05) is 37.3 Å². The minimum atomic E-state index is -0.0827. The van der Waals surface area contributed by atoms with Crippen LogP contribution in [0.2, 0.25) is 5.02 Å². The quantitative estimate of drug-likeness (QED) is 0.462. The maximum Gasteiger partial charge on any atom is 0.251 e. The number of hydrogen-bond donors (Lipinski definition) is 2. The van der Waals surface area contributed by atoms with Crippen molar-refractivity contribution >= 4 is 34.7 Å². The van der Waals surface area contributed by atoms with Gasteiger partial charge in [-0.25, -0.2) is 0 Å². The number of rotatable bonds is 8. The Balaban J connectivity index is 1.98. The molecule has 1 heterocycles. The molecule has 1 aliphatic rings. The number of aryl methyl sites for hydroxylation is 1. The Morgan fingerprint density at radius 2 is 2.14 bits per heavy atom. The first-order chi connectivity index (χ1) is 14.0. The molecule has 1 aliphatic carbocycles. The van der Waals surface area contributed by atoms with Gasteiger partial charge in [0.05, 0.1) is 5.02 Å². The third-order valence-corrected chi connectivity index (χ3v) is 6.74. The topological polar surface area (TPSA) is 70.2 Å². The van der Waals surface area contributed by atoms with Crippen molar-refractivity contribution in [3.8, 4) is 0 Å². The largest absolute Gasteiger partial charge is 0.396 e. The smallest absolute Gasteiger partial charge is 0.251 e. The number of halogens is 1. The van der Waals surface area contributed by atoms with Gasteiger partial charge in [-0.2, -0.15) is 0 Å². The number of aliphatic hydroxyl groups excluding tert-OH is 1. The van der Waals surface area contributed by atoms with Crippen molar-refractivity contribution in [1.29, 1.82) is 0 Å². The van der Waals surface area contributed by atoms with Crippen LogP contribution >= 0.6 is 23.4 Å². The third kappa shape index (κ3) is 5.62. The number of H-pyrrole nitrogens is 1. The molecule has 1 aromatic carbocycles. The maximum absolute atomic E-state index is 12.4. The minimum Gasteiger partial charge on any atom is -0.396 e. The van der Waals surface area contributed by atoms with Gasteiger partial charge < -0.3 is 10.1 Å². The molecule has 1 atom stereocenters. The van der Waals surface area contributed by atoms with Gasteiger partial charge in [0.2, 0.25) is 0 Å². The Hall–Kier alpha value is -1.82. The van der Waals surface area contributed by atoms with Crippen molar-refractivity contribution < 1.29 is 9.90 Å². The highest BCUT2D eigenvalue weighted by Gasteiger charge is 2.22. The first kappa shape index (κ1) is 21.9. The summed E-state index contributed by atoms with van der Waals surface area (Å²) in [5, 5.41) is 9.61. The van der Waals surface area contributed by atoms with Crippen molar-refractivity contribution in [3.05, 3.63) is 68.6 Å². The zero-order valence-electron chi connectivity index (χ0n) is 16.5. The second-order valence-electron chi connectivity index (χ2n) is 7.27. The molecule has 2 N–H and O–H groups in total. The van der Waals surface area contributed by atoms with Crippen molar-refractivity contribution in [2.45, 2.75) is 43.9 Å². The number of aromatic nitrogens is 1. The van der Waals surface area contributed by atoms with Gasteiger partial charge in [0.25, 0.3) is 5.56 Å². The Morgan fingerprint density at radius 3 is 2.76 bits per heavy atom. The van der Waals surface area contributed by atoms with Gasteiger partial charge in [-0.05, 0) is 48.9 Å². The lowest BCUT2D eigenvalue weighted by molar-refractivity contribution is -0.117. The van der Waals surface area contributed by atoms with E-state index in [-0.39, 0.29) is 23.9 Å². The maximum atomic E-state index is 12.4. The van der Waals surface area contributed by atoms with Gasteiger partial charge >= 0.3 is 0 Å². The lowest BCUT2D eigenvalue weighted by atomic mass is 9.95. The Morgan fingerprint density at radius 1 is 1.31 bits per heavy atom. The number of carbonyl (C=O) groups is 1. The van der Waals surface area contributed by atoms with E-state index in [1.54, 1.807) is 11.8 Å². The Kier molecular flexibility index (Phi) is 7.76. The average molecular weight is 432 g/mol. The highest BCUT2D eigenvalue weighted by Crippen LogP contribution is 2.34. The number of pyridine rings is 1. The summed E-state index contributed by atoms with van der Waals surface area (Å²) in [6, 6.07) is 9.69. The molecule has 0 aliphatic heterocycles. The number of aliphatic hydroxyl groups is 1. The molecule has 1 fully saturated rings. The Bertz CT molecular complexity index is 967. The molecule has 0 bridgehead atoms. The molecule has 0 saturated heterocycles. The van der Waals surface area contributed by atoms with Crippen LogP contribution in [0.1, 0.15) is 49.4 Å². The first-order valence-corrected chi connectivity index (χ1v) is 11.4. The van der Waals surface area contributed by atoms with Crippen molar-refractivity contribution in [2.24, 2.45) is 5.92 Å². The van der Waals surface area contributed by atoms with Crippen molar-refractivity contribution in [2.75, 3.05) is 12.4 Å². The van der Waals surface area contributed by atoms with E-state index in [4.69, 9.17) is 16.7 Å². The lowest BCUT2D eigenvalue weighted by Gasteiger charge is -2.14. The summed E-state index contributed by atoms with van der Waals surface area (Å²) in [6.07, 6.45) is 5.49. The zero-order chi connectivity index (χ0) is 20.8. The first-order valence-electron chi connectivity index (χ1n) is 10.0. The number of Topliss-reactive ketones (excluding diaryl/α,β-unsaturated/α-hetero) is 1. The standard InChI is InChI=1S/C23H26ClNO3S/c1-2-16-5-8-21(25-23(16)28)19(13-15-4-7-18(27)12-15)17-6-9-22(20(24)14-17)29-11-3-10-26/h5-6,8-9,13-15,26H,2-4,7,10-12H2,1H3,(H,25,28)/b19-13+/t15-/m0/s1. The molecule has 154 valence electrons. The highest BCUT2D eigenvalue weighted by atomic mass is 35.5. The van der Waals surface area contributed by atoms with Crippen LogP contribution in [0.5, 0.6) is 0 Å². The van der Waals surface area contributed by atoms with Gasteiger partial charge in [-0.15, -0.1) is 11.8 Å². The SMILES string of the molecule is CCc1ccc(/C(=C/[C@H]2CCC(=O)C2)c2ccc(SCCCO)c(Cl)c2)[nH]c1=O. The molecule has 4 nitrogen and oxygen atoms in total. The van der Waals surface area contributed by atoms with Gasteiger partial charge in [-0.1, -0.05) is 36.7 Å². The van der Waals surface area contributed by atoms with Crippen LogP contribution in [0.25, 0.3) is 5.57 Å². The van der Waals surface area contributed by atoms with E-state index in [0.29, 0.717) is 30.7 Å². The summed E-state index contributed by atoms with van der Waals surface area (Å²) >= 11 is 8.14. The van der Waals surface area contributed by atoms with Crippen LogP contribution in [0, 0.1) is 5.92 Å². The van der Waals surface area contributed by atoms with Crippen LogP contribution in [-0.4, -0.2) is 28.2 Å². The molecule has 1 saturated carbocycles. The number of benzene rings is 1. The lowest BCUT2D eigenvalue weighted by Crippen LogP contribution is -2.13. The van der Waals surface area contributed by atoms with Crippen LogP contribution < -0.4 is 5.56 Å². The summed E-state index contributed by atoms with van der Waals surface area (Å²) in [5.41, 5.74) is 3.22. The van der Waals surface area contributed by atoms with E-state index < -0.39 is 0 Å². The summed E-state index contributed by atoms with van der Waals surface area (Å²) < 4.78 is 0. The summed E-state index contributed by atoms with van der Waals surface area (Å²) in [5.74, 6) is 1.26. The van der Waals surface area contributed by atoms with E-state index in [0.717, 1.165) is 39.5 Å². The predicted octanol–water partition coefficient (Wildman–Crippen LogP) is 4.87.